The van der Waals surface area contributed by atoms with Crippen molar-refractivity contribution in [1.82, 2.24) is 4.98 Å². The number of nitrogens with one attached hydrogen (secondary N) is 1. The molecule has 6 nitrogen and oxygen atoms in total. The molecule has 0 radical (unpaired) electrons. The number of para-hydroxylation sites is 1. The highest BCUT2D eigenvalue weighted by Gasteiger charge is 2.25. The minimum Gasteiger partial charge on any atom is -0.494 e. The third-order valence-electron chi connectivity index (χ3n) is 7.28. The van der Waals surface area contributed by atoms with E-state index in [4.69, 9.17) is 4.74 Å². The number of amides is 1. The normalized spacial score (nSPS) is 10.6. The molecule has 0 bridgehead atoms. The summed E-state index contributed by atoms with van der Waals surface area (Å²) < 4.78 is 5.84. The highest BCUT2D eigenvalue weighted by Crippen LogP contribution is 2.36. The van der Waals surface area contributed by atoms with E-state index in [0.29, 0.717) is 51.0 Å². The Morgan fingerprint density at radius 1 is 0.844 bits per heavy atom. The number of benzene rings is 4. The molecule has 0 atom stereocenters. The van der Waals surface area contributed by atoms with E-state index in [1.807, 2.05) is 97.1 Å². The molecule has 1 N–H and O–H groups in total. The molecule has 7 heteroatoms. The molecule has 4 aromatic carbocycles. The minimum atomic E-state index is -0.368. The van der Waals surface area contributed by atoms with Crippen molar-refractivity contribution >= 4 is 29.1 Å². The van der Waals surface area contributed by atoms with Gasteiger partial charge in [0.1, 0.15) is 16.8 Å². The molecule has 5 aromatic rings. The molecule has 0 spiro atoms. The summed E-state index contributed by atoms with van der Waals surface area (Å²) in [6.45, 7) is 4.47. The Morgan fingerprint density at radius 2 is 1.47 bits per heavy atom. The van der Waals surface area contributed by atoms with Crippen LogP contribution in [-0.2, 0) is 0 Å². The Balaban J connectivity index is 1.46. The van der Waals surface area contributed by atoms with E-state index >= 15 is 0 Å². The predicted molar refractivity (Wildman–Crippen MR) is 181 cm³/mol. The van der Waals surface area contributed by atoms with Crippen LogP contribution in [0.1, 0.15) is 51.7 Å². The minimum absolute atomic E-state index is 0.0796. The van der Waals surface area contributed by atoms with Gasteiger partial charge in [0.25, 0.3) is 5.91 Å². The number of rotatable bonds is 12. The molecular weight excluding hydrogens is 579 g/mol. The van der Waals surface area contributed by atoms with Crippen LogP contribution in [0.15, 0.2) is 114 Å². The summed E-state index contributed by atoms with van der Waals surface area (Å²) in [6.07, 6.45) is 1.98. The second-order valence-corrected chi connectivity index (χ2v) is 11.4. The van der Waals surface area contributed by atoms with Gasteiger partial charge in [-0.25, -0.2) is 4.98 Å². The Morgan fingerprint density at radius 3 is 2.11 bits per heavy atom. The lowest BCUT2D eigenvalue weighted by molar-refractivity contribution is 0.101. The number of aryl methyl sites for hydroxylation is 1. The summed E-state index contributed by atoms with van der Waals surface area (Å²) >= 11 is 1.20. The zero-order valence-electron chi connectivity index (χ0n) is 25.2. The summed E-state index contributed by atoms with van der Waals surface area (Å²) in [6, 6.07) is 36.3. The number of Topliss-reactive ketones (excluding diaryl/α,β-unsaturated/α-hetero) is 1. The van der Waals surface area contributed by atoms with Crippen molar-refractivity contribution in [3.8, 4) is 34.1 Å². The number of ketones is 1. The van der Waals surface area contributed by atoms with Crippen molar-refractivity contribution in [2.24, 2.45) is 0 Å². The van der Waals surface area contributed by atoms with Crippen molar-refractivity contribution in [2.45, 2.75) is 31.7 Å². The highest BCUT2D eigenvalue weighted by molar-refractivity contribution is 8.00. The van der Waals surface area contributed by atoms with Gasteiger partial charge in [-0.3, -0.25) is 9.59 Å². The number of pyridine rings is 1. The molecule has 0 unspecified atom stereocenters. The molecule has 0 saturated carbocycles. The van der Waals surface area contributed by atoms with Gasteiger partial charge in [-0.05, 0) is 54.3 Å². The van der Waals surface area contributed by atoms with Gasteiger partial charge < -0.3 is 10.1 Å². The summed E-state index contributed by atoms with van der Waals surface area (Å²) in [5.74, 6) is 0.353. The predicted octanol–water partition coefficient (Wildman–Crippen LogP) is 9.00. The lowest BCUT2D eigenvalue weighted by atomic mass is 9.94. The fourth-order valence-corrected chi connectivity index (χ4v) is 5.84. The van der Waals surface area contributed by atoms with Gasteiger partial charge in [-0.1, -0.05) is 110 Å². The fourth-order valence-electron chi connectivity index (χ4n) is 4.92. The molecule has 224 valence electrons. The lowest BCUT2D eigenvalue weighted by Gasteiger charge is -2.17. The Hall–Kier alpha value is -5.19. The van der Waals surface area contributed by atoms with Crippen LogP contribution in [0.5, 0.6) is 5.75 Å². The van der Waals surface area contributed by atoms with Crippen molar-refractivity contribution < 1.29 is 14.3 Å². The molecule has 0 aliphatic heterocycles. The van der Waals surface area contributed by atoms with E-state index in [0.717, 1.165) is 24.0 Å². The smallest absolute Gasteiger partial charge is 0.258 e. The van der Waals surface area contributed by atoms with Crippen LogP contribution in [0, 0.1) is 18.3 Å². The summed E-state index contributed by atoms with van der Waals surface area (Å²) in [5, 5.41) is 13.8. The number of nitrogens with zero attached hydrogens (tertiary/aromatic N) is 2. The first-order valence-electron chi connectivity index (χ1n) is 14.8. The molecule has 1 heterocycles. The van der Waals surface area contributed by atoms with E-state index in [9.17, 15) is 14.9 Å². The van der Waals surface area contributed by atoms with Crippen LogP contribution in [0.2, 0.25) is 0 Å². The van der Waals surface area contributed by atoms with Crippen LogP contribution in [0.4, 0.5) is 5.69 Å². The van der Waals surface area contributed by atoms with E-state index in [1.54, 1.807) is 19.1 Å². The number of nitriles is 1. The highest BCUT2D eigenvalue weighted by atomic mass is 32.2. The van der Waals surface area contributed by atoms with Crippen LogP contribution in [0.25, 0.3) is 22.3 Å². The van der Waals surface area contributed by atoms with Gasteiger partial charge in [0.15, 0.2) is 5.78 Å². The van der Waals surface area contributed by atoms with Gasteiger partial charge in [-0.15, -0.1) is 0 Å². The Kier molecular flexibility index (Phi) is 10.4. The van der Waals surface area contributed by atoms with Gasteiger partial charge >= 0.3 is 0 Å². The number of anilines is 1. The average molecular weight is 612 g/mol. The number of hydrogen-bond acceptors (Lipinski definition) is 6. The lowest BCUT2D eigenvalue weighted by Crippen LogP contribution is -2.17. The monoisotopic (exact) mass is 611 g/mol. The van der Waals surface area contributed by atoms with Crippen LogP contribution < -0.4 is 10.1 Å². The quantitative estimate of drug-likeness (QED) is 0.0860. The molecular formula is C38H33N3O3S. The standard InChI is InChI=1S/C38H33N3O3S/c1-3-4-23-44-32-21-19-30(20-22-32)36-33(24-39)38(40-26(2)35(36)37(43)41-31-13-9-6-10-14-31)45-25-34(42)29-17-15-28(16-18-29)27-11-7-5-8-12-27/h5-22H,3-4,23,25H2,1-2H3,(H,41,43). The molecule has 0 saturated heterocycles. The first-order chi connectivity index (χ1) is 22.0. The van der Waals surface area contributed by atoms with E-state index in [-0.39, 0.29) is 23.0 Å². The number of unbranched alkanes of at least 4 members (excludes halogenated alkanes) is 1. The van der Waals surface area contributed by atoms with Crippen LogP contribution in [0.3, 0.4) is 0 Å². The third-order valence-corrected chi connectivity index (χ3v) is 8.25. The maximum absolute atomic E-state index is 13.7. The molecule has 0 fully saturated rings. The number of hydrogen-bond donors (Lipinski definition) is 1. The fraction of sp³-hybridized carbons (Fsp3) is 0.158. The largest absolute Gasteiger partial charge is 0.494 e. The summed E-state index contributed by atoms with van der Waals surface area (Å²) in [5.41, 5.74) is 5.49. The molecule has 0 aliphatic carbocycles. The van der Waals surface area contributed by atoms with Crippen molar-refractivity contribution in [2.75, 3.05) is 17.7 Å². The Labute approximate surface area is 268 Å². The second kappa shape index (κ2) is 15.0. The summed E-state index contributed by atoms with van der Waals surface area (Å²) in [4.78, 5) is 31.6. The number of aromatic nitrogens is 1. The van der Waals surface area contributed by atoms with Gasteiger partial charge in [0, 0.05) is 16.8 Å². The number of ether oxygens (including phenoxy) is 1. The molecule has 45 heavy (non-hydrogen) atoms. The van der Waals surface area contributed by atoms with E-state index < -0.39 is 0 Å². The van der Waals surface area contributed by atoms with Gasteiger partial charge in [0.2, 0.25) is 0 Å². The van der Waals surface area contributed by atoms with Crippen molar-refractivity contribution in [3.05, 3.63) is 132 Å². The van der Waals surface area contributed by atoms with Crippen LogP contribution in [-0.4, -0.2) is 29.0 Å². The SMILES string of the molecule is CCCCOc1ccc(-c2c(C#N)c(SCC(=O)c3ccc(-c4ccccc4)cc3)nc(C)c2C(=O)Nc2ccccc2)cc1. The number of thioether (sulfide) groups is 1. The van der Waals surface area contributed by atoms with Crippen molar-refractivity contribution in [1.29, 1.82) is 5.26 Å². The first-order valence-corrected chi connectivity index (χ1v) is 15.8. The zero-order chi connectivity index (χ0) is 31.6. The summed E-state index contributed by atoms with van der Waals surface area (Å²) in [7, 11) is 0. The number of carbonyl (C=O) groups is 2. The van der Waals surface area contributed by atoms with E-state index in [1.165, 1.54) is 11.8 Å². The molecule has 0 aliphatic rings. The molecule has 5 rings (SSSR count). The Bertz CT molecular complexity index is 1820. The topological polar surface area (TPSA) is 92.1 Å². The maximum atomic E-state index is 13.7. The molecule has 1 aromatic heterocycles. The average Bonchev–Trinajstić information content (AvgIpc) is 3.08. The number of carbonyl (C=O) groups excluding carboxylic acids is 2. The van der Waals surface area contributed by atoms with Crippen LogP contribution >= 0.6 is 11.8 Å². The third kappa shape index (κ3) is 7.67. The van der Waals surface area contributed by atoms with Gasteiger partial charge in [-0.2, -0.15) is 5.26 Å². The first kappa shape index (κ1) is 31.2. The maximum Gasteiger partial charge on any atom is 0.258 e. The zero-order valence-corrected chi connectivity index (χ0v) is 26.1. The molecule has 1 amide bonds. The second-order valence-electron chi connectivity index (χ2n) is 10.4. The van der Waals surface area contributed by atoms with E-state index in [2.05, 4.69) is 23.3 Å². The van der Waals surface area contributed by atoms with Crippen molar-refractivity contribution in [3.63, 3.8) is 0 Å². The van der Waals surface area contributed by atoms with Gasteiger partial charge in [0.05, 0.1) is 29.2 Å².